The van der Waals surface area contributed by atoms with Gasteiger partial charge in [-0.3, -0.25) is 9.36 Å². The molecule has 0 heterocycles. The molecule has 0 rings (SSSR count). The third-order valence-corrected chi connectivity index (χ3v) is 13.6. The molecule has 0 aliphatic carbocycles. The molecule has 0 aliphatic rings. The number of nitrogens with zero attached hydrogens (tertiary/aromatic N) is 1. The molecule has 0 bridgehead atoms. The van der Waals surface area contributed by atoms with E-state index in [1.165, 1.54) is 83.5 Å². The average molecular weight is 1040 g/mol. The normalized spacial score (nSPS) is 15.1. The minimum absolute atomic E-state index is 0.0468. The van der Waals surface area contributed by atoms with E-state index in [9.17, 15) is 24.5 Å². The predicted molar refractivity (Wildman–Crippen MR) is 312 cm³/mol. The van der Waals surface area contributed by atoms with Gasteiger partial charge >= 0.3 is 0 Å². The Bertz CT molecular complexity index is 1570. The number of phosphoric acid groups is 1. The number of aliphatic hydroxyl groups is 2. The van der Waals surface area contributed by atoms with Crippen LogP contribution in [0.5, 0.6) is 0 Å². The van der Waals surface area contributed by atoms with Crippen LogP contribution in [-0.2, 0) is 18.4 Å². The zero-order valence-corrected chi connectivity index (χ0v) is 48.3. The molecule has 10 heteroatoms. The molecule has 4 atom stereocenters. The van der Waals surface area contributed by atoms with Crippen molar-refractivity contribution in [3.05, 3.63) is 109 Å². The summed E-state index contributed by atoms with van der Waals surface area (Å²) >= 11 is 0. The number of allylic oxidation sites excluding steroid dienone is 18. The molecule has 0 fully saturated rings. The fraction of sp³-hybridized carbons (Fsp3) is 0.698. The van der Waals surface area contributed by atoms with Crippen LogP contribution in [0.25, 0.3) is 0 Å². The van der Waals surface area contributed by atoms with E-state index in [4.69, 9.17) is 9.05 Å². The van der Waals surface area contributed by atoms with E-state index in [1.807, 2.05) is 21.1 Å². The van der Waals surface area contributed by atoms with E-state index in [0.717, 1.165) is 109 Å². The van der Waals surface area contributed by atoms with Gasteiger partial charge in [-0.1, -0.05) is 245 Å². The molecular weight excluding hydrogens is 928 g/mol. The van der Waals surface area contributed by atoms with Crippen molar-refractivity contribution in [3.8, 4) is 0 Å². The average Bonchev–Trinajstić information content (AvgIpc) is 3.35. The molecule has 3 N–H and O–H groups in total. The Morgan fingerprint density at radius 1 is 0.507 bits per heavy atom. The Morgan fingerprint density at radius 3 is 1.26 bits per heavy atom. The van der Waals surface area contributed by atoms with Gasteiger partial charge in [-0.25, -0.2) is 0 Å². The Morgan fingerprint density at radius 2 is 0.863 bits per heavy atom. The molecule has 420 valence electrons. The highest BCUT2D eigenvalue weighted by molar-refractivity contribution is 7.45. The lowest BCUT2D eigenvalue weighted by Crippen LogP contribution is -2.51. The van der Waals surface area contributed by atoms with Gasteiger partial charge in [-0.15, -0.1) is 0 Å². The molecule has 0 aromatic heterocycles. The van der Waals surface area contributed by atoms with Crippen molar-refractivity contribution in [1.82, 2.24) is 5.32 Å². The van der Waals surface area contributed by atoms with Gasteiger partial charge in [0.25, 0.3) is 7.82 Å². The van der Waals surface area contributed by atoms with E-state index in [1.54, 1.807) is 0 Å². The Hall–Kier alpha value is -2.88. The molecule has 0 aromatic carbocycles. The molecule has 0 radical (unpaired) electrons. The second kappa shape index (κ2) is 52.6. The number of hydrogen-bond donors (Lipinski definition) is 3. The van der Waals surface area contributed by atoms with Crippen LogP contribution < -0.4 is 10.2 Å². The summed E-state index contributed by atoms with van der Waals surface area (Å²) in [5, 5.41) is 24.7. The van der Waals surface area contributed by atoms with E-state index >= 15 is 0 Å². The highest BCUT2D eigenvalue weighted by Crippen LogP contribution is 2.38. The zero-order chi connectivity index (χ0) is 53.6. The second-order valence-corrected chi connectivity index (χ2v) is 22.2. The van der Waals surface area contributed by atoms with Gasteiger partial charge in [-0.05, 0) is 83.5 Å². The first-order chi connectivity index (χ1) is 35.4. The van der Waals surface area contributed by atoms with E-state index in [0.29, 0.717) is 23.9 Å². The van der Waals surface area contributed by atoms with Gasteiger partial charge in [-0.2, -0.15) is 0 Å². The number of carbonyl (C=O) groups is 1. The summed E-state index contributed by atoms with van der Waals surface area (Å²) in [6.07, 6.45) is 72.9. The van der Waals surface area contributed by atoms with Gasteiger partial charge in [0.15, 0.2) is 0 Å². The maximum atomic E-state index is 13.0. The van der Waals surface area contributed by atoms with Crippen LogP contribution in [0.1, 0.15) is 226 Å². The maximum Gasteiger partial charge on any atom is 0.268 e. The minimum atomic E-state index is -4.68. The summed E-state index contributed by atoms with van der Waals surface area (Å²) in [5.41, 5.74) is 0. The lowest BCUT2D eigenvalue weighted by Gasteiger charge is -2.31. The molecule has 9 nitrogen and oxygen atoms in total. The van der Waals surface area contributed by atoms with Gasteiger partial charge in [0.05, 0.1) is 39.9 Å². The number of rotatable bonds is 52. The van der Waals surface area contributed by atoms with Crippen LogP contribution >= 0.6 is 7.82 Å². The summed E-state index contributed by atoms with van der Waals surface area (Å²) in [7, 11) is 1.11. The quantitative estimate of drug-likeness (QED) is 0.0240. The number of quaternary nitrogens is 1. The van der Waals surface area contributed by atoms with Crippen molar-refractivity contribution in [1.29, 1.82) is 0 Å². The van der Waals surface area contributed by atoms with Crippen LogP contribution in [-0.4, -0.2) is 79.8 Å². The van der Waals surface area contributed by atoms with Crippen LogP contribution in [0.3, 0.4) is 0 Å². The van der Waals surface area contributed by atoms with E-state index < -0.39 is 32.7 Å². The summed E-state index contributed by atoms with van der Waals surface area (Å²) < 4.78 is 23.2. The highest BCUT2D eigenvalue weighted by atomic mass is 31.2. The largest absolute Gasteiger partial charge is 0.756 e. The van der Waals surface area contributed by atoms with Gasteiger partial charge in [0.2, 0.25) is 5.91 Å². The van der Waals surface area contributed by atoms with E-state index in [2.05, 4.69) is 129 Å². The van der Waals surface area contributed by atoms with Crippen molar-refractivity contribution in [2.45, 2.75) is 244 Å². The van der Waals surface area contributed by atoms with Crippen molar-refractivity contribution in [2.75, 3.05) is 40.9 Å². The second-order valence-electron chi connectivity index (χ2n) is 20.8. The summed E-state index contributed by atoms with van der Waals surface area (Å²) in [5.74, 6) is -0.289. The molecule has 1 amide bonds. The molecule has 0 saturated heterocycles. The molecule has 0 saturated carbocycles. The van der Waals surface area contributed by atoms with E-state index in [-0.39, 0.29) is 18.9 Å². The van der Waals surface area contributed by atoms with Gasteiger partial charge in [0, 0.05) is 6.42 Å². The number of aliphatic hydroxyl groups excluding tert-OH is 2. The van der Waals surface area contributed by atoms with Crippen LogP contribution in [0, 0.1) is 0 Å². The molecular formula is C63H111N2O7P. The first-order valence-electron chi connectivity index (χ1n) is 29.3. The first-order valence-corrected chi connectivity index (χ1v) is 30.8. The monoisotopic (exact) mass is 1040 g/mol. The van der Waals surface area contributed by atoms with Crippen molar-refractivity contribution in [2.24, 2.45) is 0 Å². The molecule has 4 unspecified atom stereocenters. The third-order valence-electron chi connectivity index (χ3n) is 12.6. The number of unbranched alkanes of at least 4 members (excludes halogenated alkanes) is 20. The topological polar surface area (TPSA) is 128 Å². The number of nitrogens with one attached hydrogen (secondary N) is 1. The van der Waals surface area contributed by atoms with Crippen molar-refractivity contribution in [3.63, 3.8) is 0 Å². The maximum absolute atomic E-state index is 13.0. The number of likely N-dealkylation sites (N-methyl/N-ethyl adjacent to an activating group) is 1. The predicted octanol–water partition coefficient (Wildman–Crippen LogP) is 16.3. The summed E-state index contributed by atoms with van der Waals surface area (Å²) in [4.78, 5) is 25.5. The Labute approximate surface area is 449 Å². The van der Waals surface area contributed by atoms with Crippen LogP contribution in [0.4, 0.5) is 0 Å². The van der Waals surface area contributed by atoms with Gasteiger partial charge < -0.3 is 34.0 Å². The minimum Gasteiger partial charge on any atom is -0.756 e. The van der Waals surface area contributed by atoms with Gasteiger partial charge in [0.1, 0.15) is 19.3 Å². The fourth-order valence-electron chi connectivity index (χ4n) is 8.01. The number of amides is 1. The Balaban J connectivity index is 4.18. The molecule has 0 aromatic rings. The summed E-state index contributed by atoms with van der Waals surface area (Å²) in [6, 6.07) is -1.08. The standard InChI is InChI=1S/C63H111N2O7P/c1-6-8-10-12-14-16-18-20-21-22-23-24-25-26-27-28-29-30-31-32-33-34-35-36-37-38-39-40-41-42-43-44-46-48-50-52-54-56-62(67)64-60(59-72-73(69,70)71-58-57-65(3,4)5)63(68)61(66)55-53-51-49-47-45-19-17-15-13-11-9-7-2/h8,10,14,16,20-21,23-24,26-27,29-30,32-33,35-36,38-39,60-61,63,66,68H,6-7,9,11-13,15,17-19,22,25,28,31,34,37,40-59H2,1-5H3,(H-,64,67,69,70)/b10-8-,16-14-,21-20-,24-23-,27-26-,30-29-,33-32-,36-35-,39-38-. The SMILES string of the molecule is CC/C=C\C/C=C\C/C=C\C/C=C\C/C=C\C/C=C\C/C=C\C/C=C\C/C=C\CCCCCCCCCCCC(=O)NC(COP(=O)([O-])OCC[N+](C)(C)C)C(O)C(O)CCCCCCCCCCCCCC. The summed E-state index contributed by atoms with van der Waals surface area (Å²) in [6.45, 7) is 4.31. The third kappa shape index (κ3) is 53.7. The molecule has 73 heavy (non-hydrogen) atoms. The lowest BCUT2D eigenvalue weighted by atomic mass is 9.99. The van der Waals surface area contributed by atoms with Crippen LogP contribution in [0.2, 0.25) is 0 Å². The van der Waals surface area contributed by atoms with Crippen molar-refractivity contribution >= 4 is 13.7 Å². The smallest absolute Gasteiger partial charge is 0.268 e. The lowest BCUT2D eigenvalue weighted by molar-refractivity contribution is -0.870. The fourth-order valence-corrected chi connectivity index (χ4v) is 8.73. The zero-order valence-electron chi connectivity index (χ0n) is 47.4. The first kappa shape index (κ1) is 70.1. The molecule has 0 aliphatic heterocycles. The van der Waals surface area contributed by atoms with Crippen LogP contribution in [0.15, 0.2) is 109 Å². The number of phosphoric ester groups is 1. The Kier molecular flexibility index (Phi) is 50.5. The van der Waals surface area contributed by atoms with Crippen molar-refractivity contribution < 1.29 is 38.0 Å². The number of hydrogen-bond acceptors (Lipinski definition) is 7. The molecule has 0 spiro atoms. The number of carbonyl (C=O) groups excluding carboxylic acids is 1. The highest BCUT2D eigenvalue weighted by Gasteiger charge is 2.29.